The molecule has 3 aromatic rings. The van der Waals surface area contributed by atoms with Crippen molar-refractivity contribution < 1.29 is 13.2 Å². The number of fused-ring (bicyclic) bond motifs is 2. The second-order valence-corrected chi connectivity index (χ2v) is 7.80. The van der Waals surface area contributed by atoms with Gasteiger partial charge in [-0.25, -0.2) is 17.9 Å². The molecule has 1 aliphatic rings. The topological polar surface area (TPSA) is 115 Å². The molecule has 8 nitrogen and oxygen atoms in total. The Morgan fingerprint density at radius 1 is 1.12 bits per heavy atom. The molecule has 0 bridgehead atoms. The minimum atomic E-state index is -3.88. The van der Waals surface area contributed by atoms with E-state index < -0.39 is 15.7 Å². The van der Waals surface area contributed by atoms with Crippen LogP contribution in [0.5, 0.6) is 0 Å². The van der Waals surface area contributed by atoms with E-state index in [1.165, 1.54) is 18.2 Å². The van der Waals surface area contributed by atoms with Crippen LogP contribution in [0.2, 0.25) is 0 Å². The van der Waals surface area contributed by atoms with Gasteiger partial charge in [-0.2, -0.15) is 0 Å². The zero-order valence-corrected chi connectivity index (χ0v) is 14.5. The normalized spacial score (nSPS) is 13.9. The first-order chi connectivity index (χ1) is 12.4. The number of para-hydroxylation sites is 1. The first-order valence-electron chi connectivity index (χ1n) is 8.04. The molecule has 1 aliphatic heterocycles. The summed E-state index contributed by atoms with van der Waals surface area (Å²) in [6.07, 6.45) is 0.756. The third-order valence-corrected chi connectivity index (χ3v) is 5.80. The Morgan fingerprint density at radius 3 is 2.73 bits per heavy atom. The number of carbonyl (C=O) groups is 1. The van der Waals surface area contributed by atoms with Crippen LogP contribution < -0.4 is 15.3 Å². The molecule has 0 unspecified atom stereocenters. The van der Waals surface area contributed by atoms with Crippen LogP contribution in [0, 0.1) is 0 Å². The molecule has 0 saturated carbocycles. The standard InChI is InChI=1S/C17H16N4O4S/c22-16(21-8-7-11-3-1-2-4-15(11)21)10-18-26(24,25)12-5-6-13-14(9-12)20-17(23)19-13/h1-6,9,18H,7-8,10H2,(H2,19,20,23). The molecule has 2 heterocycles. The summed E-state index contributed by atoms with van der Waals surface area (Å²) in [4.78, 5) is 30.4. The van der Waals surface area contributed by atoms with Crippen molar-refractivity contribution in [3.8, 4) is 0 Å². The number of nitrogens with one attached hydrogen (secondary N) is 3. The van der Waals surface area contributed by atoms with E-state index in [-0.39, 0.29) is 17.3 Å². The van der Waals surface area contributed by atoms with Crippen molar-refractivity contribution in [1.29, 1.82) is 0 Å². The average Bonchev–Trinajstić information content (AvgIpc) is 3.21. The van der Waals surface area contributed by atoms with Crippen LogP contribution in [0.4, 0.5) is 5.69 Å². The number of benzene rings is 2. The van der Waals surface area contributed by atoms with Crippen LogP contribution in [0.3, 0.4) is 0 Å². The van der Waals surface area contributed by atoms with Crippen LogP contribution in [0.1, 0.15) is 5.56 Å². The molecular formula is C17H16N4O4S. The highest BCUT2D eigenvalue weighted by molar-refractivity contribution is 7.89. The molecule has 0 aliphatic carbocycles. The van der Waals surface area contributed by atoms with Crippen LogP contribution in [0.15, 0.2) is 52.2 Å². The molecule has 134 valence electrons. The molecule has 2 aromatic carbocycles. The highest BCUT2D eigenvalue weighted by atomic mass is 32.2. The number of rotatable bonds is 4. The van der Waals surface area contributed by atoms with E-state index in [2.05, 4.69) is 14.7 Å². The third-order valence-electron chi connectivity index (χ3n) is 4.40. The first-order valence-corrected chi connectivity index (χ1v) is 9.52. The van der Waals surface area contributed by atoms with Crippen LogP contribution in [-0.2, 0) is 21.2 Å². The van der Waals surface area contributed by atoms with Gasteiger partial charge in [0.15, 0.2) is 0 Å². The number of aromatic nitrogens is 2. The van der Waals surface area contributed by atoms with Gasteiger partial charge in [0.2, 0.25) is 15.9 Å². The molecular weight excluding hydrogens is 356 g/mol. The van der Waals surface area contributed by atoms with Crippen LogP contribution in [0.25, 0.3) is 11.0 Å². The molecule has 26 heavy (non-hydrogen) atoms. The predicted octanol–water partition coefficient (Wildman–Crippen LogP) is 0.724. The fourth-order valence-corrected chi connectivity index (χ4v) is 4.11. The lowest BCUT2D eigenvalue weighted by molar-refractivity contribution is -0.117. The number of sulfonamides is 1. The van der Waals surface area contributed by atoms with Crippen molar-refractivity contribution in [2.24, 2.45) is 0 Å². The maximum Gasteiger partial charge on any atom is 0.323 e. The molecule has 1 aromatic heterocycles. The third kappa shape index (κ3) is 2.91. The molecule has 0 saturated heterocycles. The number of aromatic amines is 2. The quantitative estimate of drug-likeness (QED) is 0.626. The Bertz CT molecular complexity index is 1160. The number of anilines is 1. The second kappa shape index (κ2) is 6.11. The summed E-state index contributed by atoms with van der Waals surface area (Å²) in [5.41, 5.74) is 2.38. The van der Waals surface area contributed by atoms with Crippen molar-refractivity contribution in [3.05, 3.63) is 58.5 Å². The smallest absolute Gasteiger partial charge is 0.311 e. The lowest BCUT2D eigenvalue weighted by atomic mass is 10.2. The maximum absolute atomic E-state index is 12.5. The molecule has 0 spiro atoms. The molecule has 9 heteroatoms. The number of hydrogen-bond donors (Lipinski definition) is 3. The lowest BCUT2D eigenvalue weighted by Crippen LogP contribution is -2.39. The maximum atomic E-state index is 12.5. The first kappa shape index (κ1) is 16.6. The molecule has 1 amide bonds. The molecule has 4 rings (SSSR count). The zero-order chi connectivity index (χ0) is 18.3. The Kier molecular flexibility index (Phi) is 3.89. The van der Waals surface area contributed by atoms with E-state index in [0.29, 0.717) is 17.6 Å². The van der Waals surface area contributed by atoms with Crippen molar-refractivity contribution >= 4 is 32.7 Å². The summed E-state index contributed by atoms with van der Waals surface area (Å²) in [5.74, 6) is -0.311. The Balaban J connectivity index is 1.51. The van der Waals surface area contributed by atoms with Gasteiger partial charge in [-0.3, -0.25) is 4.79 Å². The van der Waals surface area contributed by atoms with Gasteiger partial charge < -0.3 is 14.9 Å². The summed E-state index contributed by atoms with van der Waals surface area (Å²) in [5, 5.41) is 0. The number of hydrogen-bond acceptors (Lipinski definition) is 4. The van der Waals surface area contributed by atoms with Gasteiger partial charge in [-0.15, -0.1) is 0 Å². The number of amides is 1. The summed E-state index contributed by atoms with van der Waals surface area (Å²) in [6, 6.07) is 11.8. The van der Waals surface area contributed by atoms with Gasteiger partial charge in [0.05, 0.1) is 22.5 Å². The summed E-state index contributed by atoms with van der Waals surface area (Å²) < 4.78 is 27.3. The van der Waals surface area contributed by atoms with E-state index >= 15 is 0 Å². The minimum absolute atomic E-state index is 0.0186. The number of nitrogens with zero attached hydrogens (tertiary/aromatic N) is 1. The van der Waals surface area contributed by atoms with E-state index in [4.69, 9.17) is 0 Å². The van der Waals surface area contributed by atoms with Gasteiger partial charge in [0.25, 0.3) is 0 Å². The second-order valence-electron chi connectivity index (χ2n) is 6.04. The van der Waals surface area contributed by atoms with Gasteiger partial charge in [0.1, 0.15) is 0 Å². The lowest BCUT2D eigenvalue weighted by Gasteiger charge is -2.17. The fourth-order valence-electron chi connectivity index (χ4n) is 3.11. The van der Waals surface area contributed by atoms with Crippen LogP contribution in [-0.4, -0.2) is 37.4 Å². The van der Waals surface area contributed by atoms with Crippen LogP contribution >= 0.6 is 0 Å². The van der Waals surface area contributed by atoms with Gasteiger partial charge in [-0.05, 0) is 36.2 Å². The Hall–Kier alpha value is -2.91. The molecule has 3 N–H and O–H groups in total. The van der Waals surface area contributed by atoms with E-state index in [1.807, 2.05) is 24.3 Å². The van der Waals surface area contributed by atoms with Crippen molar-refractivity contribution in [1.82, 2.24) is 14.7 Å². The van der Waals surface area contributed by atoms with E-state index in [0.717, 1.165) is 17.7 Å². The predicted molar refractivity (Wildman–Crippen MR) is 96.6 cm³/mol. The summed E-state index contributed by atoms with van der Waals surface area (Å²) >= 11 is 0. The van der Waals surface area contributed by atoms with E-state index in [9.17, 15) is 18.0 Å². The monoisotopic (exact) mass is 372 g/mol. The van der Waals surface area contributed by atoms with Crippen molar-refractivity contribution in [3.63, 3.8) is 0 Å². The van der Waals surface area contributed by atoms with Crippen molar-refractivity contribution in [2.75, 3.05) is 18.0 Å². The summed E-state index contributed by atoms with van der Waals surface area (Å²) in [7, 11) is -3.88. The van der Waals surface area contributed by atoms with Gasteiger partial charge in [-0.1, -0.05) is 18.2 Å². The van der Waals surface area contributed by atoms with E-state index in [1.54, 1.807) is 4.90 Å². The Morgan fingerprint density at radius 2 is 1.88 bits per heavy atom. The SMILES string of the molecule is O=C(CNS(=O)(=O)c1ccc2[nH]c(=O)[nH]c2c1)N1CCc2ccccc21. The summed E-state index contributed by atoms with van der Waals surface area (Å²) in [6.45, 7) is 0.203. The molecule has 0 radical (unpaired) electrons. The van der Waals surface area contributed by atoms with Gasteiger partial charge in [0, 0.05) is 12.2 Å². The highest BCUT2D eigenvalue weighted by Crippen LogP contribution is 2.27. The van der Waals surface area contributed by atoms with Crippen molar-refractivity contribution in [2.45, 2.75) is 11.3 Å². The molecule has 0 fully saturated rings. The number of H-pyrrole nitrogens is 2. The Labute approximate surface area is 148 Å². The zero-order valence-electron chi connectivity index (χ0n) is 13.7. The average molecular weight is 372 g/mol. The number of imidazole rings is 1. The number of carbonyl (C=O) groups excluding carboxylic acids is 1. The minimum Gasteiger partial charge on any atom is -0.311 e. The molecule has 0 atom stereocenters. The van der Waals surface area contributed by atoms with Gasteiger partial charge >= 0.3 is 5.69 Å². The largest absolute Gasteiger partial charge is 0.323 e. The fraction of sp³-hybridized carbons (Fsp3) is 0.176. The highest BCUT2D eigenvalue weighted by Gasteiger charge is 2.25.